The van der Waals surface area contributed by atoms with E-state index in [1.165, 1.54) is 125 Å². The third-order valence-electron chi connectivity index (χ3n) is 20.9. The first-order valence-corrected chi connectivity index (χ1v) is 27.8. The van der Waals surface area contributed by atoms with Gasteiger partial charge in [-0.3, -0.25) is 0 Å². The van der Waals surface area contributed by atoms with Gasteiger partial charge in [-0.1, -0.05) is 188 Å². The molecule has 0 N–H and O–H groups in total. The van der Waals surface area contributed by atoms with Gasteiger partial charge in [-0.25, -0.2) is 0 Å². The summed E-state index contributed by atoms with van der Waals surface area (Å²) in [6.45, 7) is 20.8. The molecule has 4 saturated carbocycles. The molecule has 0 atom stereocenters. The Kier molecular flexibility index (Phi) is 8.72. The number of rotatable bonds is 5. The van der Waals surface area contributed by atoms with Gasteiger partial charge in [0.1, 0.15) is 0 Å². The van der Waals surface area contributed by atoms with Gasteiger partial charge >= 0.3 is 0 Å². The second-order valence-corrected chi connectivity index (χ2v) is 27.1. The van der Waals surface area contributed by atoms with Crippen molar-refractivity contribution < 1.29 is 0 Å². The summed E-state index contributed by atoms with van der Waals surface area (Å²) in [5, 5.41) is 2.96. The molecule has 6 aliphatic carbocycles. The smallest absolute Gasteiger partial charge is 0.247 e. The Balaban J connectivity index is 1.13. The van der Waals surface area contributed by atoms with Crippen LogP contribution in [0.5, 0.6) is 0 Å². The Labute approximate surface area is 424 Å². The first-order chi connectivity index (χ1) is 34.1. The van der Waals surface area contributed by atoms with Crippen molar-refractivity contribution in [2.45, 2.75) is 147 Å². The Morgan fingerprint density at radius 2 is 0.789 bits per heavy atom. The normalized spacial score (nSPS) is 25.2. The van der Waals surface area contributed by atoms with Gasteiger partial charge in [0.15, 0.2) is 0 Å². The predicted octanol–water partition coefficient (Wildman–Crippen LogP) is 12.9. The van der Waals surface area contributed by atoms with Crippen LogP contribution in [-0.4, -0.2) is 18.0 Å². The van der Waals surface area contributed by atoms with E-state index >= 15 is 0 Å². The Morgan fingerprint density at radius 3 is 1.18 bits per heavy atom. The van der Waals surface area contributed by atoms with Crippen molar-refractivity contribution in [1.82, 2.24) is 4.57 Å². The zero-order valence-electron chi connectivity index (χ0n) is 43.6. The molecule has 3 heteroatoms. The van der Waals surface area contributed by atoms with Gasteiger partial charge in [0, 0.05) is 27.5 Å². The first kappa shape index (κ1) is 43.1. The van der Waals surface area contributed by atoms with Gasteiger partial charge in [0.05, 0.1) is 0 Å². The largest absolute Gasteiger partial charge is 0.311 e. The number of aromatic nitrogens is 1. The van der Waals surface area contributed by atoms with E-state index in [9.17, 15) is 0 Å². The van der Waals surface area contributed by atoms with Crippen LogP contribution in [0, 0.1) is 17.8 Å². The number of nitrogens with zero attached hydrogens (tertiary/aromatic N) is 1. The Bertz CT molecular complexity index is 3300. The topological polar surface area (TPSA) is 4.93 Å². The molecular weight excluding hydrogens is 852 g/mol. The predicted molar refractivity (Wildman–Crippen MR) is 304 cm³/mol. The van der Waals surface area contributed by atoms with E-state index in [2.05, 4.69) is 193 Å². The monoisotopic (exact) mass is 922 g/mol. The van der Waals surface area contributed by atoms with Crippen molar-refractivity contribution in [3.8, 4) is 27.9 Å². The van der Waals surface area contributed by atoms with Crippen LogP contribution in [0.3, 0.4) is 0 Å². The highest BCUT2D eigenvalue weighted by Gasteiger charge is 2.55. The highest BCUT2D eigenvalue weighted by Crippen LogP contribution is 2.61. The Hall–Kier alpha value is -5.53. The molecule has 2 aliphatic heterocycles. The molecule has 3 heterocycles. The van der Waals surface area contributed by atoms with Gasteiger partial charge in [0.25, 0.3) is 0 Å². The molecule has 8 aromatic rings. The second kappa shape index (κ2) is 14.4. The van der Waals surface area contributed by atoms with E-state index in [0.717, 1.165) is 17.8 Å². The van der Waals surface area contributed by atoms with Crippen molar-refractivity contribution in [1.29, 1.82) is 0 Å². The van der Waals surface area contributed by atoms with E-state index in [4.69, 9.17) is 0 Å². The summed E-state index contributed by atoms with van der Waals surface area (Å²) in [7, 11) is 0. The summed E-state index contributed by atoms with van der Waals surface area (Å²) in [5.74, 6) is 2.60. The standard InChI is InChI=1S/C68H69B2N/c1-64(2)27-29-66(5,6)57-53(64)36-51-52-37-54-58(67(7,8)30-28-65(54,3)4)60-62(52)71-61(51)59(57)69(49-23-19-46(20-24-49)44-15-11-9-12-16-44)55-34-48(68-38-41-31-42(39-68)33-43(32-41)40-68)35-56(63(55)71)70(60)50-25-21-47(22-26-50)45-17-13-10-14-18-45/h9-26,34-37,41-43H,27-33,38-40H2,1-8H3. The van der Waals surface area contributed by atoms with Gasteiger partial charge in [-0.2, -0.15) is 0 Å². The third kappa shape index (κ3) is 5.96. The average Bonchev–Trinajstić information content (AvgIpc) is 3.69. The lowest BCUT2D eigenvalue weighted by molar-refractivity contribution is -0.00512. The van der Waals surface area contributed by atoms with Crippen LogP contribution >= 0.6 is 0 Å². The maximum absolute atomic E-state index is 2.93. The zero-order chi connectivity index (χ0) is 48.1. The molecule has 16 rings (SSSR count). The molecule has 0 spiro atoms. The number of fused-ring (bicyclic) bond motifs is 5. The van der Waals surface area contributed by atoms with Crippen molar-refractivity contribution in [3.63, 3.8) is 0 Å². The minimum absolute atomic E-state index is 0.0228. The van der Waals surface area contributed by atoms with E-state index in [-0.39, 0.29) is 40.5 Å². The lowest BCUT2D eigenvalue weighted by atomic mass is 9.29. The summed E-state index contributed by atoms with van der Waals surface area (Å²) in [5.41, 5.74) is 27.4. The van der Waals surface area contributed by atoms with Crippen LogP contribution in [0.2, 0.25) is 0 Å². The van der Waals surface area contributed by atoms with Crippen LogP contribution in [0.1, 0.15) is 147 Å². The zero-order valence-corrected chi connectivity index (χ0v) is 43.6. The fourth-order valence-electron chi connectivity index (χ4n) is 17.6. The SMILES string of the molecule is CC1(C)CCC(C)(C)c2c1cc1c3cc4c(c5c3n3c1c2B(c1ccc(-c2ccccc2)cc1)c1cc(C26CC7CC(CC(C7)C2)C6)cc(c1-3)B5c1ccc(-c2ccccc2)cc1)C(C)(C)CCC4(C)C. The van der Waals surface area contributed by atoms with Crippen molar-refractivity contribution in [3.05, 3.63) is 161 Å². The van der Waals surface area contributed by atoms with Crippen LogP contribution in [0.15, 0.2) is 133 Å². The molecule has 0 unspecified atom stereocenters. The fraction of sp³-hybridized carbons (Fsp3) is 0.382. The van der Waals surface area contributed by atoms with Gasteiger partial charge in [-0.15, -0.1) is 0 Å². The summed E-state index contributed by atoms with van der Waals surface area (Å²) >= 11 is 0. The summed E-state index contributed by atoms with van der Waals surface area (Å²) in [6, 6.07) is 53.3. The van der Waals surface area contributed by atoms with E-state index in [1.54, 1.807) is 49.7 Å². The fourth-order valence-corrected chi connectivity index (χ4v) is 17.6. The summed E-state index contributed by atoms with van der Waals surface area (Å²) in [4.78, 5) is 0. The van der Waals surface area contributed by atoms with E-state index in [0.29, 0.717) is 0 Å². The molecule has 4 fully saturated rings. The molecule has 8 aliphatic rings. The first-order valence-electron chi connectivity index (χ1n) is 27.8. The number of hydrogen-bond donors (Lipinski definition) is 0. The Morgan fingerprint density at radius 1 is 0.423 bits per heavy atom. The van der Waals surface area contributed by atoms with E-state index < -0.39 is 0 Å². The average molecular weight is 922 g/mol. The third-order valence-corrected chi connectivity index (χ3v) is 20.9. The molecule has 1 nitrogen and oxygen atoms in total. The van der Waals surface area contributed by atoms with Crippen LogP contribution in [-0.2, 0) is 27.1 Å². The molecular formula is C68H69B2N. The van der Waals surface area contributed by atoms with Crippen LogP contribution in [0.4, 0.5) is 0 Å². The summed E-state index contributed by atoms with van der Waals surface area (Å²) in [6.07, 6.45) is 13.3. The van der Waals surface area contributed by atoms with Crippen molar-refractivity contribution in [2.24, 2.45) is 17.8 Å². The molecule has 352 valence electrons. The number of benzene rings is 7. The van der Waals surface area contributed by atoms with Gasteiger partial charge in [-0.05, 0) is 193 Å². The molecule has 0 amide bonds. The lowest BCUT2D eigenvalue weighted by Crippen LogP contribution is -2.66. The molecule has 7 aromatic carbocycles. The molecule has 0 saturated heterocycles. The second-order valence-electron chi connectivity index (χ2n) is 27.1. The molecule has 0 radical (unpaired) electrons. The van der Waals surface area contributed by atoms with E-state index in [1.807, 2.05) is 0 Å². The molecule has 71 heavy (non-hydrogen) atoms. The van der Waals surface area contributed by atoms with Gasteiger partial charge in [0.2, 0.25) is 13.4 Å². The van der Waals surface area contributed by atoms with Crippen molar-refractivity contribution in [2.75, 3.05) is 0 Å². The highest BCUT2D eigenvalue weighted by atomic mass is 15.0. The molecule has 4 bridgehead atoms. The quantitative estimate of drug-likeness (QED) is 0.152. The highest BCUT2D eigenvalue weighted by molar-refractivity contribution is 7.02. The molecule has 1 aromatic heterocycles. The van der Waals surface area contributed by atoms with Crippen LogP contribution in [0.25, 0.3) is 49.7 Å². The maximum Gasteiger partial charge on any atom is 0.247 e. The minimum atomic E-state index is 0.0228. The lowest BCUT2D eigenvalue weighted by Gasteiger charge is -2.57. The number of hydrogen-bond acceptors (Lipinski definition) is 0. The van der Waals surface area contributed by atoms with Crippen molar-refractivity contribution >= 4 is 68.0 Å². The minimum Gasteiger partial charge on any atom is -0.311 e. The summed E-state index contributed by atoms with van der Waals surface area (Å²) < 4.78 is 2.93. The van der Waals surface area contributed by atoms with Gasteiger partial charge < -0.3 is 4.57 Å². The maximum atomic E-state index is 2.93. The van der Waals surface area contributed by atoms with Crippen LogP contribution < -0.4 is 32.8 Å².